The number of aromatic amines is 1. The molecule has 3 nitrogen and oxygen atoms in total. The first-order valence-corrected chi connectivity index (χ1v) is 9.50. The van der Waals surface area contributed by atoms with Gasteiger partial charge in [0.2, 0.25) is 5.91 Å². The van der Waals surface area contributed by atoms with Crippen molar-refractivity contribution in [1.29, 1.82) is 0 Å². The van der Waals surface area contributed by atoms with Crippen molar-refractivity contribution >= 4 is 16.8 Å². The van der Waals surface area contributed by atoms with Crippen LogP contribution in [0, 0.1) is 5.92 Å². The Morgan fingerprint density at radius 3 is 2.61 bits per heavy atom. The van der Waals surface area contributed by atoms with E-state index >= 15 is 0 Å². The van der Waals surface area contributed by atoms with Crippen LogP contribution >= 0.6 is 0 Å². The van der Waals surface area contributed by atoms with E-state index in [1.807, 2.05) is 24.3 Å². The van der Waals surface area contributed by atoms with Gasteiger partial charge in [0.05, 0.1) is 11.6 Å². The lowest BCUT2D eigenvalue weighted by atomic mass is 9.91. The number of nitrogens with zero attached hydrogens (tertiary/aromatic N) is 1. The van der Waals surface area contributed by atoms with Crippen LogP contribution in [0.25, 0.3) is 10.9 Å². The number of hydrogen-bond donors (Lipinski definition) is 1. The van der Waals surface area contributed by atoms with Gasteiger partial charge in [-0.05, 0) is 48.6 Å². The molecule has 3 aromatic rings. The molecule has 28 heavy (non-hydrogen) atoms. The third-order valence-corrected chi connectivity index (χ3v) is 5.77. The van der Waals surface area contributed by atoms with E-state index in [4.69, 9.17) is 0 Å². The van der Waals surface area contributed by atoms with Crippen molar-refractivity contribution in [2.24, 2.45) is 5.92 Å². The molecule has 0 bridgehead atoms. The van der Waals surface area contributed by atoms with E-state index in [1.54, 1.807) is 11.0 Å². The number of H-pyrrole nitrogens is 1. The second kappa shape index (κ2) is 6.12. The molecule has 1 aliphatic heterocycles. The van der Waals surface area contributed by atoms with Crippen LogP contribution in [-0.2, 0) is 17.4 Å². The standard InChI is InChI=1S/C22H19F3N2O/c23-22(24,25)15-5-3-4-14(12-15)20-19-17(16-6-1-2-7-18(16)26-19)10-11-27(20)21(28)13-8-9-13/h1-7,12-13,20,26H,8-11H2/t20-/m0/s1. The number of halogens is 3. The van der Waals surface area contributed by atoms with E-state index in [2.05, 4.69) is 4.98 Å². The number of benzene rings is 2. The Hall–Kier alpha value is -2.76. The molecule has 6 heteroatoms. The molecule has 0 radical (unpaired) electrons. The fraction of sp³-hybridized carbons (Fsp3) is 0.318. The van der Waals surface area contributed by atoms with Crippen LogP contribution in [0.5, 0.6) is 0 Å². The van der Waals surface area contributed by atoms with Crippen molar-refractivity contribution in [3.05, 3.63) is 70.9 Å². The molecule has 2 heterocycles. The highest BCUT2D eigenvalue weighted by atomic mass is 19.4. The largest absolute Gasteiger partial charge is 0.416 e. The molecule has 2 aromatic carbocycles. The van der Waals surface area contributed by atoms with Gasteiger partial charge in [0.15, 0.2) is 0 Å². The van der Waals surface area contributed by atoms with Gasteiger partial charge >= 0.3 is 6.18 Å². The number of fused-ring (bicyclic) bond motifs is 3. The monoisotopic (exact) mass is 384 g/mol. The van der Waals surface area contributed by atoms with Gasteiger partial charge in [-0.3, -0.25) is 4.79 Å². The van der Waals surface area contributed by atoms with Gasteiger partial charge in [-0.25, -0.2) is 0 Å². The fourth-order valence-electron chi connectivity index (χ4n) is 4.27. The van der Waals surface area contributed by atoms with Gasteiger partial charge in [-0.1, -0.05) is 30.3 Å². The molecule has 0 saturated heterocycles. The summed E-state index contributed by atoms with van der Waals surface area (Å²) in [6.07, 6.45) is -1.99. The minimum Gasteiger partial charge on any atom is -0.356 e. The lowest BCUT2D eigenvalue weighted by Gasteiger charge is -2.36. The maximum atomic E-state index is 13.3. The molecule has 144 valence electrons. The molecule has 1 fully saturated rings. The van der Waals surface area contributed by atoms with Crippen LogP contribution in [0.1, 0.15) is 41.3 Å². The van der Waals surface area contributed by atoms with Crippen LogP contribution in [0.15, 0.2) is 48.5 Å². The van der Waals surface area contributed by atoms with Crippen molar-refractivity contribution in [2.75, 3.05) is 6.54 Å². The summed E-state index contributed by atoms with van der Waals surface area (Å²) in [6.45, 7) is 0.519. The molecule has 1 aliphatic carbocycles. The van der Waals surface area contributed by atoms with Gasteiger partial charge in [0, 0.05) is 29.1 Å². The summed E-state index contributed by atoms with van der Waals surface area (Å²) in [7, 11) is 0. The number of carbonyl (C=O) groups is 1. The number of hydrogen-bond acceptors (Lipinski definition) is 1. The average molecular weight is 384 g/mol. The highest BCUT2D eigenvalue weighted by Crippen LogP contribution is 2.42. The molecule has 1 saturated carbocycles. The molecule has 0 spiro atoms. The van der Waals surface area contributed by atoms with Crippen molar-refractivity contribution in [3.63, 3.8) is 0 Å². The lowest BCUT2D eigenvalue weighted by molar-refractivity contribution is -0.137. The number of nitrogens with one attached hydrogen (secondary N) is 1. The Morgan fingerprint density at radius 1 is 1.07 bits per heavy atom. The van der Waals surface area contributed by atoms with Crippen LogP contribution in [0.4, 0.5) is 13.2 Å². The van der Waals surface area contributed by atoms with Crippen LogP contribution in [0.2, 0.25) is 0 Å². The lowest BCUT2D eigenvalue weighted by Crippen LogP contribution is -2.41. The smallest absolute Gasteiger partial charge is 0.356 e. The summed E-state index contributed by atoms with van der Waals surface area (Å²) in [5, 5.41) is 1.08. The second-order valence-corrected chi connectivity index (χ2v) is 7.64. The van der Waals surface area contributed by atoms with Gasteiger partial charge in [0.25, 0.3) is 0 Å². The molecule has 1 atom stereocenters. The number of rotatable bonds is 2. The zero-order valence-electron chi connectivity index (χ0n) is 15.1. The highest BCUT2D eigenvalue weighted by Gasteiger charge is 2.41. The van der Waals surface area contributed by atoms with Crippen molar-refractivity contribution in [1.82, 2.24) is 9.88 Å². The first-order valence-electron chi connectivity index (χ1n) is 9.50. The minimum atomic E-state index is -4.42. The number of aromatic nitrogens is 1. The van der Waals surface area contributed by atoms with E-state index in [9.17, 15) is 18.0 Å². The summed E-state index contributed by atoms with van der Waals surface area (Å²) < 4.78 is 39.9. The van der Waals surface area contributed by atoms with Crippen LogP contribution in [0.3, 0.4) is 0 Å². The molecule has 5 rings (SSSR count). The first kappa shape index (κ1) is 17.3. The Morgan fingerprint density at radius 2 is 1.86 bits per heavy atom. The predicted octanol–water partition coefficient (Wildman–Crippen LogP) is 5.07. The van der Waals surface area contributed by atoms with E-state index in [-0.39, 0.29) is 11.8 Å². The van der Waals surface area contributed by atoms with E-state index in [1.165, 1.54) is 12.1 Å². The average Bonchev–Trinajstić information content (AvgIpc) is 3.46. The highest BCUT2D eigenvalue weighted by molar-refractivity contribution is 5.87. The fourth-order valence-corrected chi connectivity index (χ4v) is 4.27. The van der Waals surface area contributed by atoms with E-state index in [0.29, 0.717) is 18.5 Å². The summed E-state index contributed by atoms with van der Waals surface area (Å²) in [5.74, 6) is 0.0611. The summed E-state index contributed by atoms with van der Waals surface area (Å²) >= 11 is 0. The third kappa shape index (κ3) is 2.79. The summed E-state index contributed by atoms with van der Waals surface area (Å²) in [4.78, 5) is 18.1. The Balaban J connectivity index is 1.68. The Kier molecular flexibility index (Phi) is 3.79. The van der Waals surface area contributed by atoms with Crippen LogP contribution < -0.4 is 0 Å². The number of amides is 1. The van der Waals surface area contributed by atoms with Gasteiger partial charge in [-0.2, -0.15) is 13.2 Å². The van der Waals surface area contributed by atoms with Gasteiger partial charge in [-0.15, -0.1) is 0 Å². The summed E-state index contributed by atoms with van der Waals surface area (Å²) in [5.41, 5.74) is 2.69. The Labute approximate surface area is 160 Å². The van der Waals surface area contributed by atoms with Crippen LogP contribution in [-0.4, -0.2) is 22.3 Å². The first-order chi connectivity index (χ1) is 13.4. The molecule has 1 N–H and O–H groups in total. The molecule has 1 aromatic heterocycles. The maximum Gasteiger partial charge on any atom is 0.416 e. The zero-order valence-corrected chi connectivity index (χ0v) is 15.1. The zero-order chi connectivity index (χ0) is 19.5. The van der Waals surface area contributed by atoms with Gasteiger partial charge < -0.3 is 9.88 Å². The minimum absolute atomic E-state index is 0.0132. The van der Waals surface area contributed by atoms with E-state index in [0.717, 1.165) is 41.1 Å². The van der Waals surface area contributed by atoms with E-state index < -0.39 is 17.8 Å². The topological polar surface area (TPSA) is 36.1 Å². The maximum absolute atomic E-state index is 13.3. The number of carbonyl (C=O) groups excluding carboxylic acids is 1. The number of para-hydroxylation sites is 1. The predicted molar refractivity (Wildman–Crippen MR) is 99.7 cm³/mol. The SMILES string of the molecule is O=C(C1CC1)N1CCc2c([nH]c3ccccc23)[C@@H]1c1cccc(C(F)(F)F)c1. The molecular formula is C22H19F3N2O. The molecular weight excluding hydrogens is 365 g/mol. The van der Waals surface area contributed by atoms with Gasteiger partial charge in [0.1, 0.15) is 0 Å². The summed E-state index contributed by atoms with van der Waals surface area (Å²) in [6, 6.07) is 12.7. The molecule has 0 unspecified atom stereocenters. The number of alkyl halides is 3. The quantitative estimate of drug-likeness (QED) is 0.658. The van der Waals surface area contributed by atoms with Crippen molar-refractivity contribution < 1.29 is 18.0 Å². The second-order valence-electron chi connectivity index (χ2n) is 7.64. The molecule has 2 aliphatic rings. The van der Waals surface area contributed by atoms with Crippen molar-refractivity contribution in [3.8, 4) is 0 Å². The Bertz CT molecular complexity index is 1070. The normalized spacial score (nSPS) is 19.7. The third-order valence-electron chi connectivity index (χ3n) is 5.77. The molecule has 1 amide bonds. The van der Waals surface area contributed by atoms with Crippen molar-refractivity contribution in [2.45, 2.75) is 31.5 Å².